The molecule has 0 aliphatic rings. The van der Waals surface area contributed by atoms with Crippen LogP contribution in [-0.2, 0) is 6.18 Å². The fourth-order valence-electron chi connectivity index (χ4n) is 2.40. The van der Waals surface area contributed by atoms with Crippen LogP contribution in [0.2, 0.25) is 0 Å². The summed E-state index contributed by atoms with van der Waals surface area (Å²) in [5.41, 5.74) is -0.414. The van der Waals surface area contributed by atoms with Crippen molar-refractivity contribution in [1.82, 2.24) is 0 Å². The van der Waals surface area contributed by atoms with E-state index in [0.717, 1.165) is 18.2 Å². The Morgan fingerprint density at radius 3 is 2.33 bits per heavy atom. The van der Waals surface area contributed by atoms with E-state index in [4.69, 9.17) is 0 Å². The molecule has 126 valence electrons. The van der Waals surface area contributed by atoms with Crippen molar-refractivity contribution in [3.8, 4) is 0 Å². The van der Waals surface area contributed by atoms with Crippen molar-refractivity contribution in [3.63, 3.8) is 0 Å². The zero-order chi connectivity index (χ0) is 17.7. The van der Waals surface area contributed by atoms with Gasteiger partial charge in [0.15, 0.2) is 5.78 Å². The van der Waals surface area contributed by atoms with Crippen LogP contribution in [0, 0.1) is 10.1 Å². The summed E-state index contributed by atoms with van der Waals surface area (Å²) in [6.45, 7) is -0.464. The summed E-state index contributed by atoms with van der Waals surface area (Å²) in [6, 6.07) is 12.5. The number of hydrogen-bond acceptors (Lipinski definition) is 3. The minimum absolute atomic E-state index is 0.103. The molecular weight excluding hydrogens is 323 g/mol. The van der Waals surface area contributed by atoms with E-state index in [1.807, 2.05) is 0 Å². The average molecular weight is 337 g/mol. The van der Waals surface area contributed by atoms with E-state index >= 15 is 0 Å². The molecule has 0 N–H and O–H groups in total. The van der Waals surface area contributed by atoms with Crippen molar-refractivity contribution in [2.75, 3.05) is 6.54 Å². The van der Waals surface area contributed by atoms with Gasteiger partial charge in [-0.2, -0.15) is 13.2 Å². The van der Waals surface area contributed by atoms with Gasteiger partial charge in [0.05, 0.1) is 11.5 Å². The van der Waals surface area contributed by atoms with Crippen LogP contribution in [0.15, 0.2) is 54.6 Å². The van der Waals surface area contributed by atoms with Crippen molar-refractivity contribution in [2.45, 2.75) is 18.5 Å². The third-order valence-corrected chi connectivity index (χ3v) is 3.58. The molecule has 2 aromatic rings. The number of carbonyl (C=O) groups excluding carboxylic acids is 1. The normalized spacial score (nSPS) is 12.6. The van der Waals surface area contributed by atoms with Gasteiger partial charge in [-0.15, -0.1) is 0 Å². The van der Waals surface area contributed by atoms with Gasteiger partial charge in [0.1, 0.15) is 0 Å². The second-order valence-electron chi connectivity index (χ2n) is 5.33. The molecule has 0 saturated carbocycles. The number of ketones is 1. The second kappa shape index (κ2) is 7.25. The number of nitrogens with zero attached hydrogens (tertiary/aromatic N) is 1. The number of alkyl halides is 3. The van der Waals surface area contributed by atoms with E-state index in [0.29, 0.717) is 5.56 Å². The van der Waals surface area contributed by atoms with Gasteiger partial charge in [0, 0.05) is 16.9 Å². The highest BCUT2D eigenvalue weighted by molar-refractivity contribution is 5.96. The zero-order valence-electron chi connectivity index (χ0n) is 12.5. The Kier molecular flexibility index (Phi) is 5.33. The lowest BCUT2D eigenvalue weighted by atomic mass is 9.91. The molecule has 4 nitrogen and oxygen atoms in total. The Balaban J connectivity index is 2.23. The van der Waals surface area contributed by atoms with Crippen LogP contribution < -0.4 is 0 Å². The Hall–Kier alpha value is -2.70. The molecular formula is C17H14F3NO3. The van der Waals surface area contributed by atoms with Crippen LogP contribution in [0.4, 0.5) is 13.2 Å². The molecule has 0 aromatic heterocycles. The van der Waals surface area contributed by atoms with Crippen molar-refractivity contribution in [2.24, 2.45) is 0 Å². The molecule has 7 heteroatoms. The molecule has 0 heterocycles. The van der Waals surface area contributed by atoms with Gasteiger partial charge >= 0.3 is 6.18 Å². The van der Waals surface area contributed by atoms with E-state index in [1.165, 1.54) is 6.07 Å². The van der Waals surface area contributed by atoms with Crippen LogP contribution in [0.1, 0.15) is 33.8 Å². The quantitative estimate of drug-likeness (QED) is 0.447. The predicted molar refractivity (Wildman–Crippen MR) is 81.4 cm³/mol. The number of rotatable bonds is 6. The maximum absolute atomic E-state index is 12.7. The number of nitro groups is 1. The maximum atomic E-state index is 12.7. The summed E-state index contributed by atoms with van der Waals surface area (Å²) in [7, 11) is 0. The lowest BCUT2D eigenvalue weighted by Gasteiger charge is -2.13. The molecule has 0 fully saturated rings. The first-order valence-electron chi connectivity index (χ1n) is 7.14. The highest BCUT2D eigenvalue weighted by Gasteiger charge is 2.31. The second-order valence-corrected chi connectivity index (χ2v) is 5.33. The summed E-state index contributed by atoms with van der Waals surface area (Å²) >= 11 is 0. The van der Waals surface area contributed by atoms with Gasteiger partial charge in [-0.05, 0) is 17.7 Å². The first kappa shape index (κ1) is 17.7. The molecule has 0 aliphatic heterocycles. The first-order chi connectivity index (χ1) is 11.3. The van der Waals surface area contributed by atoms with Gasteiger partial charge in [-0.25, -0.2) is 0 Å². The van der Waals surface area contributed by atoms with Crippen LogP contribution in [0.25, 0.3) is 0 Å². The molecule has 0 saturated heterocycles. The number of carbonyl (C=O) groups is 1. The third kappa shape index (κ3) is 4.65. The van der Waals surface area contributed by atoms with Crippen molar-refractivity contribution < 1.29 is 22.9 Å². The minimum atomic E-state index is -4.55. The van der Waals surface area contributed by atoms with E-state index in [2.05, 4.69) is 0 Å². The highest BCUT2D eigenvalue weighted by atomic mass is 19.4. The van der Waals surface area contributed by atoms with Gasteiger partial charge in [-0.1, -0.05) is 42.5 Å². The van der Waals surface area contributed by atoms with Crippen molar-refractivity contribution >= 4 is 5.78 Å². The fourth-order valence-corrected chi connectivity index (χ4v) is 2.40. The smallest absolute Gasteiger partial charge is 0.294 e. The average Bonchev–Trinajstić information content (AvgIpc) is 2.54. The molecule has 0 unspecified atom stereocenters. The first-order valence-corrected chi connectivity index (χ1v) is 7.14. The predicted octanol–water partition coefficient (Wildman–Crippen LogP) is 4.34. The van der Waals surface area contributed by atoms with Crippen molar-refractivity contribution in [3.05, 3.63) is 81.4 Å². The molecule has 0 radical (unpaired) electrons. The summed E-state index contributed by atoms with van der Waals surface area (Å²) in [6.07, 6.45) is -4.78. The number of Topliss-reactive ketones (excluding diaryl/α,β-unsaturated/α-hetero) is 1. The standard InChI is InChI=1S/C17H14F3NO3/c18-17(19,20)15-8-4-7-13(9-15)16(22)10-14(11-21(23)24)12-5-2-1-3-6-12/h1-9,14H,10-11H2/t14-/m0/s1. The van der Waals surface area contributed by atoms with E-state index in [1.54, 1.807) is 30.3 Å². The molecule has 2 rings (SSSR count). The largest absolute Gasteiger partial charge is 0.416 e. The third-order valence-electron chi connectivity index (χ3n) is 3.58. The van der Waals surface area contributed by atoms with Gasteiger partial charge < -0.3 is 0 Å². The molecule has 2 aromatic carbocycles. The Morgan fingerprint density at radius 2 is 1.75 bits per heavy atom. The monoisotopic (exact) mass is 337 g/mol. The summed E-state index contributed by atoms with van der Waals surface area (Å²) < 4.78 is 38.2. The number of hydrogen-bond donors (Lipinski definition) is 0. The van der Waals surface area contributed by atoms with E-state index < -0.39 is 34.9 Å². The van der Waals surface area contributed by atoms with E-state index in [9.17, 15) is 28.1 Å². The molecule has 1 atom stereocenters. The van der Waals surface area contributed by atoms with Crippen molar-refractivity contribution in [1.29, 1.82) is 0 Å². The Bertz CT molecular complexity index is 729. The van der Waals surface area contributed by atoms with Crippen LogP contribution >= 0.6 is 0 Å². The minimum Gasteiger partial charge on any atom is -0.294 e. The summed E-state index contributed by atoms with van der Waals surface area (Å²) in [5, 5.41) is 10.8. The molecule has 24 heavy (non-hydrogen) atoms. The summed E-state index contributed by atoms with van der Waals surface area (Å²) in [4.78, 5) is 22.6. The Morgan fingerprint density at radius 1 is 1.08 bits per heavy atom. The van der Waals surface area contributed by atoms with Crippen LogP contribution in [0.3, 0.4) is 0 Å². The van der Waals surface area contributed by atoms with Gasteiger partial charge in [0.25, 0.3) is 0 Å². The van der Waals surface area contributed by atoms with Crippen LogP contribution in [-0.4, -0.2) is 17.3 Å². The Labute approximate surface area is 136 Å². The summed E-state index contributed by atoms with van der Waals surface area (Å²) in [5.74, 6) is -1.25. The molecule has 0 amide bonds. The van der Waals surface area contributed by atoms with E-state index in [-0.39, 0.29) is 12.0 Å². The zero-order valence-corrected chi connectivity index (χ0v) is 12.5. The molecule has 0 bridgehead atoms. The molecule has 0 spiro atoms. The van der Waals surface area contributed by atoms with Crippen LogP contribution in [0.5, 0.6) is 0 Å². The number of benzene rings is 2. The lowest BCUT2D eigenvalue weighted by Crippen LogP contribution is -2.17. The van der Waals surface area contributed by atoms with Gasteiger partial charge in [-0.3, -0.25) is 14.9 Å². The topological polar surface area (TPSA) is 60.2 Å². The maximum Gasteiger partial charge on any atom is 0.416 e. The molecule has 0 aliphatic carbocycles. The lowest BCUT2D eigenvalue weighted by molar-refractivity contribution is -0.483. The number of halogens is 3. The highest BCUT2D eigenvalue weighted by Crippen LogP contribution is 2.30. The SMILES string of the molecule is O=C(C[C@@H](C[N+](=O)[O-])c1ccccc1)c1cccc(C(F)(F)F)c1. The fraction of sp³-hybridized carbons (Fsp3) is 0.235. The van der Waals surface area contributed by atoms with Gasteiger partial charge in [0.2, 0.25) is 6.54 Å².